The van der Waals surface area contributed by atoms with Crippen LogP contribution in [0.15, 0.2) is 22.0 Å². The Hall–Kier alpha value is 0.320. The highest BCUT2D eigenvalue weighted by Crippen LogP contribution is 2.34. The van der Waals surface area contributed by atoms with Crippen LogP contribution in [0.1, 0.15) is 0 Å². The number of hydrogen-bond acceptors (Lipinski definition) is 1. The van der Waals surface area contributed by atoms with E-state index in [9.17, 15) is 4.39 Å². The van der Waals surface area contributed by atoms with Gasteiger partial charge in [-0.2, -0.15) is 0 Å². The molecule has 1 aromatic heterocycles. The summed E-state index contributed by atoms with van der Waals surface area (Å²) in [6.45, 7) is 0. The molecule has 0 aliphatic heterocycles. The van der Waals surface area contributed by atoms with Crippen molar-refractivity contribution in [1.29, 1.82) is 0 Å². The third kappa shape index (κ3) is 1.29. The van der Waals surface area contributed by atoms with Crippen molar-refractivity contribution in [2.45, 2.75) is 0 Å². The SMILES string of the molecule is Fc1ccc(Br)c2scc(I)c12. The molecule has 62 valence electrons. The molecule has 1 heterocycles. The van der Waals surface area contributed by atoms with Crippen molar-refractivity contribution in [2.24, 2.45) is 0 Å². The molecule has 2 aromatic rings. The van der Waals surface area contributed by atoms with Crippen LogP contribution >= 0.6 is 49.9 Å². The van der Waals surface area contributed by atoms with Crippen LogP contribution in [0.4, 0.5) is 4.39 Å². The van der Waals surface area contributed by atoms with Crippen molar-refractivity contribution in [3.8, 4) is 0 Å². The van der Waals surface area contributed by atoms with E-state index in [2.05, 4.69) is 38.5 Å². The molecule has 0 spiro atoms. The van der Waals surface area contributed by atoms with Crippen LogP contribution < -0.4 is 0 Å². The molecular formula is C8H3BrFIS. The van der Waals surface area contributed by atoms with Crippen LogP contribution in [0, 0.1) is 9.39 Å². The molecular weight excluding hydrogens is 354 g/mol. The molecule has 4 heteroatoms. The Kier molecular flexibility index (Phi) is 2.39. The average Bonchev–Trinajstić information content (AvgIpc) is 2.42. The van der Waals surface area contributed by atoms with Crippen molar-refractivity contribution < 1.29 is 4.39 Å². The van der Waals surface area contributed by atoms with Gasteiger partial charge in [0.15, 0.2) is 0 Å². The van der Waals surface area contributed by atoms with Crippen LogP contribution in [0.2, 0.25) is 0 Å². The smallest absolute Gasteiger partial charge is 0.133 e. The van der Waals surface area contributed by atoms with E-state index >= 15 is 0 Å². The van der Waals surface area contributed by atoms with E-state index in [1.807, 2.05) is 5.38 Å². The molecule has 0 nitrogen and oxygen atoms in total. The van der Waals surface area contributed by atoms with Gasteiger partial charge in [-0.25, -0.2) is 4.39 Å². The Bertz CT molecular complexity index is 438. The molecule has 0 aliphatic rings. The minimum atomic E-state index is -0.140. The second-order valence-corrected chi connectivity index (χ2v) is 5.21. The minimum Gasteiger partial charge on any atom is -0.206 e. The number of thiophene rings is 1. The molecule has 0 fully saturated rings. The predicted molar refractivity (Wildman–Crippen MR) is 62.2 cm³/mol. The van der Waals surface area contributed by atoms with Crippen molar-refractivity contribution >= 4 is 59.9 Å². The number of hydrogen-bond donors (Lipinski definition) is 0. The lowest BCUT2D eigenvalue weighted by Crippen LogP contribution is -1.76. The van der Waals surface area contributed by atoms with Crippen LogP contribution in [0.3, 0.4) is 0 Å². The van der Waals surface area contributed by atoms with Crippen molar-refractivity contribution in [3.63, 3.8) is 0 Å². The Morgan fingerprint density at radius 2 is 2.17 bits per heavy atom. The molecule has 0 saturated heterocycles. The second-order valence-electron chi connectivity index (χ2n) is 2.32. The molecule has 0 bridgehead atoms. The van der Waals surface area contributed by atoms with E-state index in [-0.39, 0.29) is 5.82 Å². The Balaban J connectivity index is 2.98. The molecule has 2 rings (SSSR count). The van der Waals surface area contributed by atoms with E-state index in [0.29, 0.717) is 0 Å². The van der Waals surface area contributed by atoms with Crippen LogP contribution in [-0.4, -0.2) is 0 Å². The fourth-order valence-electron chi connectivity index (χ4n) is 1.04. The normalized spacial score (nSPS) is 10.9. The lowest BCUT2D eigenvalue weighted by Gasteiger charge is -1.95. The second kappa shape index (κ2) is 3.23. The monoisotopic (exact) mass is 356 g/mol. The number of halogens is 3. The van der Waals surface area contributed by atoms with Gasteiger partial charge in [-0.05, 0) is 50.7 Å². The lowest BCUT2D eigenvalue weighted by atomic mass is 10.2. The zero-order chi connectivity index (χ0) is 8.72. The van der Waals surface area contributed by atoms with E-state index in [1.54, 1.807) is 17.4 Å². The molecule has 0 aliphatic carbocycles. The largest absolute Gasteiger partial charge is 0.206 e. The van der Waals surface area contributed by atoms with Crippen LogP contribution in [0.25, 0.3) is 10.1 Å². The van der Waals surface area contributed by atoms with Gasteiger partial charge in [-0.1, -0.05) is 0 Å². The number of benzene rings is 1. The summed E-state index contributed by atoms with van der Waals surface area (Å²) in [7, 11) is 0. The molecule has 1 aromatic carbocycles. The Morgan fingerprint density at radius 1 is 1.42 bits per heavy atom. The van der Waals surface area contributed by atoms with E-state index in [1.165, 1.54) is 6.07 Å². The summed E-state index contributed by atoms with van der Waals surface area (Å²) in [6.07, 6.45) is 0. The Morgan fingerprint density at radius 3 is 2.83 bits per heavy atom. The third-order valence-corrected chi connectivity index (χ3v) is 4.79. The first-order valence-corrected chi connectivity index (χ1v) is 5.96. The summed E-state index contributed by atoms with van der Waals surface area (Å²) in [5, 5.41) is 2.69. The van der Waals surface area contributed by atoms with E-state index < -0.39 is 0 Å². The first-order chi connectivity index (χ1) is 5.70. The summed E-state index contributed by atoms with van der Waals surface area (Å²) in [4.78, 5) is 0. The summed E-state index contributed by atoms with van der Waals surface area (Å²) in [5.41, 5.74) is 0. The van der Waals surface area contributed by atoms with E-state index in [0.717, 1.165) is 18.1 Å². The van der Waals surface area contributed by atoms with Gasteiger partial charge in [0.2, 0.25) is 0 Å². The van der Waals surface area contributed by atoms with Gasteiger partial charge in [0.05, 0.1) is 4.70 Å². The molecule has 0 radical (unpaired) electrons. The van der Waals surface area contributed by atoms with Gasteiger partial charge in [-0.3, -0.25) is 0 Å². The third-order valence-electron chi connectivity index (χ3n) is 1.58. The van der Waals surface area contributed by atoms with Crippen LogP contribution in [0.5, 0.6) is 0 Å². The zero-order valence-electron chi connectivity index (χ0n) is 5.77. The zero-order valence-corrected chi connectivity index (χ0v) is 10.3. The topological polar surface area (TPSA) is 0 Å². The standard InChI is InChI=1S/C8H3BrFIS/c9-4-1-2-5(10)7-6(11)3-12-8(4)7/h1-3H. The lowest BCUT2D eigenvalue weighted by molar-refractivity contribution is 0.639. The van der Waals surface area contributed by atoms with Gasteiger partial charge in [0.25, 0.3) is 0 Å². The summed E-state index contributed by atoms with van der Waals surface area (Å²) in [5.74, 6) is -0.140. The van der Waals surface area contributed by atoms with Gasteiger partial charge >= 0.3 is 0 Å². The molecule has 0 atom stereocenters. The highest BCUT2D eigenvalue weighted by atomic mass is 127. The van der Waals surface area contributed by atoms with Crippen molar-refractivity contribution in [3.05, 3.63) is 31.4 Å². The first-order valence-electron chi connectivity index (χ1n) is 3.21. The molecule has 0 saturated carbocycles. The quantitative estimate of drug-likeness (QED) is 0.613. The van der Waals surface area contributed by atoms with E-state index in [4.69, 9.17) is 0 Å². The summed E-state index contributed by atoms with van der Waals surface area (Å²) >= 11 is 7.09. The minimum absolute atomic E-state index is 0.140. The molecule has 0 unspecified atom stereocenters. The van der Waals surface area contributed by atoms with Crippen LogP contribution in [-0.2, 0) is 0 Å². The maximum atomic E-state index is 13.2. The Labute approximate surface area is 95.0 Å². The maximum Gasteiger partial charge on any atom is 0.133 e. The first kappa shape index (κ1) is 8.90. The number of rotatable bonds is 0. The highest BCUT2D eigenvalue weighted by Gasteiger charge is 2.09. The van der Waals surface area contributed by atoms with Gasteiger partial charge in [0.1, 0.15) is 5.82 Å². The molecule has 12 heavy (non-hydrogen) atoms. The van der Waals surface area contributed by atoms with Crippen molar-refractivity contribution in [1.82, 2.24) is 0 Å². The van der Waals surface area contributed by atoms with Gasteiger partial charge in [0, 0.05) is 18.8 Å². The summed E-state index contributed by atoms with van der Waals surface area (Å²) in [6, 6.07) is 3.23. The van der Waals surface area contributed by atoms with Crippen molar-refractivity contribution in [2.75, 3.05) is 0 Å². The number of fused-ring (bicyclic) bond motifs is 1. The molecule has 0 amide bonds. The fourth-order valence-corrected chi connectivity index (χ4v) is 3.59. The molecule has 0 N–H and O–H groups in total. The fraction of sp³-hybridized carbons (Fsp3) is 0. The summed E-state index contributed by atoms with van der Waals surface area (Å²) < 4.78 is 16.2. The highest BCUT2D eigenvalue weighted by molar-refractivity contribution is 14.1. The predicted octanol–water partition coefficient (Wildman–Crippen LogP) is 4.41. The maximum absolute atomic E-state index is 13.2. The van der Waals surface area contributed by atoms with Gasteiger partial charge < -0.3 is 0 Å². The van der Waals surface area contributed by atoms with Gasteiger partial charge in [-0.15, -0.1) is 11.3 Å². The average molecular weight is 357 g/mol.